The summed E-state index contributed by atoms with van der Waals surface area (Å²) in [5, 5.41) is 18.2. The van der Waals surface area contributed by atoms with Gasteiger partial charge in [0.2, 0.25) is 0 Å². The SMILES string of the molecule is C=Cn1cc(CNC(C)c2cccc([N+](=O)[O-])c2)cn1. The van der Waals surface area contributed by atoms with Crippen LogP contribution in [0.3, 0.4) is 0 Å². The van der Waals surface area contributed by atoms with Gasteiger partial charge in [0.25, 0.3) is 5.69 Å². The van der Waals surface area contributed by atoms with Crippen LogP contribution in [0.2, 0.25) is 0 Å². The van der Waals surface area contributed by atoms with Gasteiger partial charge in [-0.05, 0) is 12.5 Å². The molecule has 0 saturated heterocycles. The van der Waals surface area contributed by atoms with Crippen molar-refractivity contribution >= 4 is 11.9 Å². The van der Waals surface area contributed by atoms with E-state index in [4.69, 9.17) is 0 Å². The van der Waals surface area contributed by atoms with E-state index < -0.39 is 0 Å². The molecule has 0 aliphatic rings. The van der Waals surface area contributed by atoms with Crippen LogP contribution in [0.5, 0.6) is 0 Å². The number of nitrogens with one attached hydrogen (secondary N) is 1. The normalized spacial score (nSPS) is 12.1. The van der Waals surface area contributed by atoms with Gasteiger partial charge in [0.05, 0.1) is 11.1 Å². The molecule has 1 heterocycles. The predicted octanol–water partition coefficient (Wildman–Crippen LogP) is 2.74. The Bertz CT molecular complexity index is 621. The minimum atomic E-state index is -0.385. The van der Waals surface area contributed by atoms with Crippen molar-refractivity contribution in [1.82, 2.24) is 15.1 Å². The standard InChI is InChI=1S/C14H16N4O2/c1-3-17-10-12(9-16-17)8-15-11(2)13-5-4-6-14(7-13)18(19)20/h3-7,9-11,15H,1,8H2,2H3. The van der Waals surface area contributed by atoms with Crippen molar-refractivity contribution in [3.8, 4) is 0 Å². The van der Waals surface area contributed by atoms with Gasteiger partial charge in [0.1, 0.15) is 0 Å². The van der Waals surface area contributed by atoms with Gasteiger partial charge < -0.3 is 5.32 Å². The van der Waals surface area contributed by atoms with Crippen LogP contribution in [0.1, 0.15) is 24.1 Å². The lowest BCUT2D eigenvalue weighted by molar-refractivity contribution is -0.384. The zero-order chi connectivity index (χ0) is 14.5. The zero-order valence-electron chi connectivity index (χ0n) is 11.2. The van der Waals surface area contributed by atoms with E-state index in [1.165, 1.54) is 6.07 Å². The topological polar surface area (TPSA) is 73.0 Å². The Hall–Kier alpha value is -2.47. The number of hydrogen-bond donors (Lipinski definition) is 1. The average molecular weight is 272 g/mol. The maximum absolute atomic E-state index is 10.8. The first-order valence-electron chi connectivity index (χ1n) is 6.23. The van der Waals surface area contributed by atoms with Crippen molar-refractivity contribution in [1.29, 1.82) is 0 Å². The summed E-state index contributed by atoms with van der Waals surface area (Å²) in [5.41, 5.74) is 2.02. The summed E-state index contributed by atoms with van der Waals surface area (Å²) >= 11 is 0. The molecule has 6 heteroatoms. The van der Waals surface area contributed by atoms with Crippen LogP contribution in [0.4, 0.5) is 5.69 Å². The maximum atomic E-state index is 10.8. The molecule has 1 unspecified atom stereocenters. The maximum Gasteiger partial charge on any atom is 0.269 e. The fourth-order valence-electron chi connectivity index (χ4n) is 1.87. The highest BCUT2D eigenvalue weighted by Crippen LogP contribution is 2.19. The fourth-order valence-corrected chi connectivity index (χ4v) is 1.87. The van der Waals surface area contributed by atoms with Crippen LogP contribution in [0.15, 0.2) is 43.2 Å². The molecule has 0 radical (unpaired) electrons. The van der Waals surface area contributed by atoms with Crippen molar-refractivity contribution in [3.05, 3.63) is 64.5 Å². The van der Waals surface area contributed by atoms with Crippen LogP contribution >= 0.6 is 0 Å². The molecule has 0 spiro atoms. The summed E-state index contributed by atoms with van der Waals surface area (Å²) in [6.07, 6.45) is 5.25. The molecular formula is C14H16N4O2. The first kappa shape index (κ1) is 14.0. The molecule has 2 rings (SSSR count). The first-order valence-corrected chi connectivity index (χ1v) is 6.23. The molecule has 6 nitrogen and oxygen atoms in total. The Morgan fingerprint density at radius 1 is 1.60 bits per heavy atom. The second-order valence-electron chi connectivity index (χ2n) is 4.47. The molecule has 1 atom stereocenters. The number of benzene rings is 1. The average Bonchev–Trinajstić information content (AvgIpc) is 2.93. The summed E-state index contributed by atoms with van der Waals surface area (Å²) < 4.78 is 1.63. The van der Waals surface area contributed by atoms with Crippen LogP contribution in [-0.4, -0.2) is 14.7 Å². The third-order valence-corrected chi connectivity index (χ3v) is 3.04. The summed E-state index contributed by atoms with van der Waals surface area (Å²) in [7, 11) is 0. The molecule has 0 aliphatic carbocycles. The number of aromatic nitrogens is 2. The highest BCUT2D eigenvalue weighted by Gasteiger charge is 2.10. The van der Waals surface area contributed by atoms with E-state index in [-0.39, 0.29) is 16.7 Å². The van der Waals surface area contributed by atoms with Crippen molar-refractivity contribution in [2.45, 2.75) is 19.5 Å². The summed E-state index contributed by atoms with van der Waals surface area (Å²) in [4.78, 5) is 10.4. The van der Waals surface area contributed by atoms with E-state index in [0.717, 1.165) is 11.1 Å². The van der Waals surface area contributed by atoms with Crippen LogP contribution < -0.4 is 5.32 Å². The van der Waals surface area contributed by atoms with E-state index in [9.17, 15) is 10.1 Å². The summed E-state index contributed by atoms with van der Waals surface area (Å²) in [6.45, 7) is 6.24. The van der Waals surface area contributed by atoms with Gasteiger partial charge >= 0.3 is 0 Å². The van der Waals surface area contributed by atoms with Crippen molar-refractivity contribution in [2.75, 3.05) is 0 Å². The number of nitro groups is 1. The number of non-ortho nitro benzene ring substituents is 1. The molecule has 2 aromatic rings. The lowest BCUT2D eigenvalue weighted by Crippen LogP contribution is -2.17. The van der Waals surface area contributed by atoms with E-state index >= 15 is 0 Å². The van der Waals surface area contributed by atoms with E-state index in [0.29, 0.717) is 6.54 Å². The minimum absolute atomic E-state index is 0.0157. The van der Waals surface area contributed by atoms with Gasteiger partial charge in [-0.1, -0.05) is 18.7 Å². The Balaban J connectivity index is 2.00. The Labute approximate surface area is 116 Å². The van der Waals surface area contributed by atoms with Gasteiger partial charge in [0.15, 0.2) is 0 Å². The molecular weight excluding hydrogens is 256 g/mol. The predicted molar refractivity (Wildman–Crippen MR) is 77.0 cm³/mol. The highest BCUT2D eigenvalue weighted by molar-refractivity contribution is 5.35. The lowest BCUT2D eigenvalue weighted by Gasteiger charge is -2.13. The second-order valence-corrected chi connectivity index (χ2v) is 4.47. The third kappa shape index (κ3) is 3.30. The lowest BCUT2D eigenvalue weighted by atomic mass is 10.1. The molecule has 0 amide bonds. The molecule has 0 bridgehead atoms. The molecule has 1 aromatic carbocycles. The summed E-state index contributed by atoms with van der Waals surface area (Å²) in [5.74, 6) is 0. The fraction of sp³-hybridized carbons (Fsp3) is 0.214. The van der Waals surface area contributed by atoms with Crippen molar-refractivity contribution < 1.29 is 4.92 Å². The number of nitro benzene ring substituents is 1. The largest absolute Gasteiger partial charge is 0.306 e. The van der Waals surface area contributed by atoms with Crippen LogP contribution in [-0.2, 0) is 6.54 Å². The minimum Gasteiger partial charge on any atom is -0.306 e. The highest BCUT2D eigenvalue weighted by atomic mass is 16.6. The van der Waals surface area contributed by atoms with Crippen LogP contribution in [0.25, 0.3) is 6.20 Å². The first-order chi connectivity index (χ1) is 9.60. The molecule has 104 valence electrons. The number of hydrogen-bond acceptors (Lipinski definition) is 4. The zero-order valence-corrected chi connectivity index (χ0v) is 11.2. The van der Waals surface area contributed by atoms with E-state index in [2.05, 4.69) is 17.0 Å². The van der Waals surface area contributed by atoms with Crippen LogP contribution in [0, 0.1) is 10.1 Å². The Morgan fingerprint density at radius 3 is 3.05 bits per heavy atom. The van der Waals surface area contributed by atoms with Gasteiger partial charge in [-0.2, -0.15) is 5.10 Å². The third-order valence-electron chi connectivity index (χ3n) is 3.04. The molecule has 1 N–H and O–H groups in total. The van der Waals surface area contributed by atoms with E-state index in [1.807, 2.05) is 19.2 Å². The van der Waals surface area contributed by atoms with Gasteiger partial charge in [-0.15, -0.1) is 0 Å². The molecule has 0 aliphatic heterocycles. The smallest absolute Gasteiger partial charge is 0.269 e. The Kier molecular flexibility index (Phi) is 4.27. The quantitative estimate of drug-likeness (QED) is 0.648. The van der Waals surface area contributed by atoms with E-state index in [1.54, 1.807) is 29.2 Å². The monoisotopic (exact) mass is 272 g/mol. The number of rotatable bonds is 6. The van der Waals surface area contributed by atoms with Crippen molar-refractivity contribution in [2.24, 2.45) is 0 Å². The van der Waals surface area contributed by atoms with Crippen molar-refractivity contribution in [3.63, 3.8) is 0 Å². The van der Waals surface area contributed by atoms with Gasteiger partial charge in [-0.25, -0.2) is 4.68 Å². The Morgan fingerprint density at radius 2 is 2.40 bits per heavy atom. The number of nitrogens with zero attached hydrogens (tertiary/aromatic N) is 3. The van der Waals surface area contributed by atoms with Gasteiger partial charge in [0, 0.05) is 42.7 Å². The molecule has 20 heavy (non-hydrogen) atoms. The molecule has 0 saturated carbocycles. The van der Waals surface area contributed by atoms with Gasteiger partial charge in [-0.3, -0.25) is 10.1 Å². The summed E-state index contributed by atoms with van der Waals surface area (Å²) in [6, 6.07) is 6.66. The second kappa shape index (κ2) is 6.12. The molecule has 1 aromatic heterocycles. The molecule has 0 fully saturated rings.